The fraction of sp³-hybridized carbons (Fsp3) is 0.381. The molecule has 0 radical (unpaired) electrons. The zero-order valence-corrected chi connectivity index (χ0v) is 16.0. The molecule has 6 nitrogen and oxygen atoms in total. The first-order valence-corrected chi connectivity index (χ1v) is 9.03. The Kier molecular flexibility index (Phi) is 4.03. The van der Waals surface area contributed by atoms with E-state index < -0.39 is 0 Å². The maximum atomic E-state index is 9.01. The number of nitrogens with zero attached hydrogens (tertiary/aromatic N) is 4. The van der Waals surface area contributed by atoms with Crippen LogP contribution >= 0.6 is 0 Å². The molecule has 2 aromatic heterocycles. The molecule has 0 bridgehead atoms. The van der Waals surface area contributed by atoms with Gasteiger partial charge in [-0.15, -0.1) is 0 Å². The van der Waals surface area contributed by atoms with Gasteiger partial charge in [-0.05, 0) is 37.3 Å². The van der Waals surface area contributed by atoms with Crippen molar-refractivity contribution in [1.82, 2.24) is 14.5 Å². The second-order valence-electron chi connectivity index (χ2n) is 7.90. The van der Waals surface area contributed by atoms with E-state index >= 15 is 0 Å². The molecule has 3 heterocycles. The van der Waals surface area contributed by atoms with Gasteiger partial charge >= 0.3 is 0 Å². The molecule has 0 N–H and O–H groups in total. The fourth-order valence-corrected chi connectivity index (χ4v) is 3.22. The summed E-state index contributed by atoms with van der Waals surface area (Å²) in [7, 11) is 0. The zero-order valence-electron chi connectivity index (χ0n) is 16.0. The molecular formula is C21H22N4O2. The van der Waals surface area contributed by atoms with Gasteiger partial charge in [0.25, 0.3) is 6.01 Å². The van der Waals surface area contributed by atoms with Gasteiger partial charge in [0, 0.05) is 11.1 Å². The summed E-state index contributed by atoms with van der Waals surface area (Å²) >= 11 is 0. The number of benzene rings is 1. The highest BCUT2D eigenvalue weighted by atomic mass is 16.6. The molecule has 1 aromatic carbocycles. The van der Waals surface area contributed by atoms with Gasteiger partial charge in [0.15, 0.2) is 6.10 Å². The number of imidazole rings is 1. The predicted molar refractivity (Wildman–Crippen MR) is 102 cm³/mol. The molecule has 0 spiro atoms. The minimum atomic E-state index is -0.103. The van der Waals surface area contributed by atoms with Crippen LogP contribution in [0.2, 0.25) is 0 Å². The molecule has 0 amide bonds. The van der Waals surface area contributed by atoms with Gasteiger partial charge in [0.2, 0.25) is 0 Å². The third-order valence-electron chi connectivity index (χ3n) is 4.73. The zero-order chi connectivity index (χ0) is 19.2. The van der Waals surface area contributed by atoms with Gasteiger partial charge in [0.1, 0.15) is 12.4 Å². The van der Waals surface area contributed by atoms with Crippen LogP contribution in [0.15, 0.2) is 30.3 Å². The van der Waals surface area contributed by atoms with Crippen molar-refractivity contribution < 1.29 is 9.47 Å². The first kappa shape index (κ1) is 17.3. The van der Waals surface area contributed by atoms with Crippen LogP contribution in [-0.4, -0.2) is 27.2 Å². The van der Waals surface area contributed by atoms with Crippen LogP contribution in [-0.2, 0) is 12.0 Å². The number of pyridine rings is 1. The van der Waals surface area contributed by atoms with E-state index in [0.29, 0.717) is 24.7 Å². The summed E-state index contributed by atoms with van der Waals surface area (Å²) in [6.07, 6.45) is -0.103. The van der Waals surface area contributed by atoms with Crippen LogP contribution in [0, 0.1) is 18.3 Å². The normalized spacial score (nSPS) is 16.0. The van der Waals surface area contributed by atoms with Crippen molar-refractivity contribution in [3.63, 3.8) is 0 Å². The van der Waals surface area contributed by atoms with Crippen LogP contribution in [0.1, 0.15) is 37.7 Å². The van der Waals surface area contributed by atoms with Crippen molar-refractivity contribution in [3.05, 3.63) is 47.3 Å². The maximum Gasteiger partial charge on any atom is 0.297 e. The lowest BCUT2D eigenvalue weighted by atomic mass is 9.91. The molecule has 0 fully saturated rings. The number of aromatic nitrogens is 3. The molecular weight excluding hydrogens is 340 g/mol. The molecule has 0 saturated heterocycles. The Bertz CT molecular complexity index is 1060. The van der Waals surface area contributed by atoms with E-state index in [0.717, 1.165) is 28.2 Å². The Labute approximate surface area is 158 Å². The molecule has 6 heteroatoms. The van der Waals surface area contributed by atoms with Crippen molar-refractivity contribution in [2.24, 2.45) is 0 Å². The lowest BCUT2D eigenvalue weighted by Gasteiger charge is -2.19. The van der Waals surface area contributed by atoms with Crippen LogP contribution in [0.3, 0.4) is 0 Å². The lowest BCUT2D eigenvalue weighted by Crippen LogP contribution is -2.24. The second kappa shape index (κ2) is 6.27. The van der Waals surface area contributed by atoms with Gasteiger partial charge in [-0.2, -0.15) is 10.2 Å². The maximum absolute atomic E-state index is 9.01. The van der Waals surface area contributed by atoms with Crippen molar-refractivity contribution in [1.29, 1.82) is 5.26 Å². The van der Waals surface area contributed by atoms with E-state index in [2.05, 4.69) is 36.8 Å². The largest absolute Gasteiger partial charge is 0.488 e. The Morgan fingerprint density at radius 2 is 2.07 bits per heavy atom. The molecule has 0 aliphatic carbocycles. The summed E-state index contributed by atoms with van der Waals surface area (Å²) in [5.41, 5.74) is 4.29. The molecule has 1 aliphatic heterocycles. The van der Waals surface area contributed by atoms with E-state index in [1.54, 1.807) is 12.1 Å². The van der Waals surface area contributed by atoms with Gasteiger partial charge in [-0.1, -0.05) is 20.8 Å². The molecule has 1 atom stereocenters. The molecule has 27 heavy (non-hydrogen) atoms. The minimum absolute atomic E-state index is 0.0134. The Hall–Kier alpha value is -3.07. The van der Waals surface area contributed by atoms with Gasteiger partial charge in [-0.25, -0.2) is 0 Å². The smallest absolute Gasteiger partial charge is 0.297 e. The van der Waals surface area contributed by atoms with Gasteiger partial charge in [-0.3, -0.25) is 9.55 Å². The number of rotatable bonds is 3. The van der Waals surface area contributed by atoms with Gasteiger partial charge < -0.3 is 9.47 Å². The monoisotopic (exact) mass is 362 g/mol. The second-order valence-corrected chi connectivity index (χ2v) is 7.90. The van der Waals surface area contributed by atoms with E-state index in [4.69, 9.17) is 14.7 Å². The molecule has 1 aliphatic rings. The van der Waals surface area contributed by atoms with Gasteiger partial charge in [0.05, 0.1) is 34.9 Å². The topological polar surface area (TPSA) is 73.0 Å². The highest BCUT2D eigenvalue weighted by Gasteiger charge is 2.27. The summed E-state index contributed by atoms with van der Waals surface area (Å²) in [4.78, 5) is 9.15. The highest BCUT2D eigenvalue weighted by molar-refractivity contribution is 5.78. The van der Waals surface area contributed by atoms with Crippen molar-refractivity contribution in [2.45, 2.75) is 45.8 Å². The highest BCUT2D eigenvalue weighted by Crippen LogP contribution is 2.29. The predicted octanol–water partition coefficient (Wildman–Crippen LogP) is 3.75. The van der Waals surface area contributed by atoms with Crippen LogP contribution in [0.5, 0.6) is 11.8 Å². The molecule has 4 rings (SSSR count). The van der Waals surface area contributed by atoms with Crippen molar-refractivity contribution >= 4 is 11.0 Å². The Balaban J connectivity index is 1.45. The number of hydrogen-bond acceptors (Lipinski definition) is 5. The van der Waals surface area contributed by atoms with E-state index in [1.165, 1.54) is 0 Å². The summed E-state index contributed by atoms with van der Waals surface area (Å²) in [5, 5.41) is 9.01. The Morgan fingerprint density at radius 3 is 2.78 bits per heavy atom. The number of hydrogen-bond donors (Lipinski definition) is 0. The first-order chi connectivity index (χ1) is 12.8. The lowest BCUT2D eigenvalue weighted by molar-refractivity contribution is 0.143. The van der Waals surface area contributed by atoms with Crippen LogP contribution < -0.4 is 9.47 Å². The summed E-state index contributed by atoms with van der Waals surface area (Å²) < 4.78 is 13.9. The third kappa shape index (κ3) is 3.21. The SMILES string of the molecule is Cc1nc(C(C)(C)C)ccc1OC[C@@H]1Cn2c(nc3cc(C#N)ccc32)O1. The molecule has 138 valence electrons. The quantitative estimate of drug-likeness (QED) is 0.709. The number of ether oxygens (including phenoxy) is 2. The standard InChI is InChI=1S/C21H22N4O2/c1-13-18(7-8-19(23-13)21(2,3)4)26-12-15-11-25-17-6-5-14(10-22)9-16(17)24-20(25)27-15/h5-9,15H,11-12H2,1-4H3/t15-/m0/s1. The average Bonchev–Trinajstić information content (AvgIpc) is 3.16. The number of aryl methyl sites for hydroxylation is 1. The molecule has 0 unspecified atom stereocenters. The summed E-state index contributed by atoms with van der Waals surface area (Å²) in [6.45, 7) is 9.50. The van der Waals surface area contributed by atoms with Crippen molar-refractivity contribution in [3.8, 4) is 17.8 Å². The number of nitriles is 1. The summed E-state index contributed by atoms with van der Waals surface area (Å²) in [6, 6.07) is 12.2. The Morgan fingerprint density at radius 1 is 1.26 bits per heavy atom. The van der Waals surface area contributed by atoms with E-state index in [1.807, 2.05) is 29.7 Å². The molecule has 3 aromatic rings. The van der Waals surface area contributed by atoms with Crippen LogP contribution in [0.4, 0.5) is 0 Å². The van der Waals surface area contributed by atoms with E-state index in [9.17, 15) is 0 Å². The van der Waals surface area contributed by atoms with E-state index in [-0.39, 0.29) is 11.5 Å². The fourth-order valence-electron chi connectivity index (χ4n) is 3.22. The van der Waals surface area contributed by atoms with Crippen LogP contribution in [0.25, 0.3) is 11.0 Å². The number of fused-ring (bicyclic) bond motifs is 3. The average molecular weight is 362 g/mol. The first-order valence-electron chi connectivity index (χ1n) is 9.03. The summed E-state index contributed by atoms with van der Waals surface area (Å²) in [5.74, 6) is 0.777. The minimum Gasteiger partial charge on any atom is -0.488 e. The third-order valence-corrected chi connectivity index (χ3v) is 4.73. The van der Waals surface area contributed by atoms with Crippen molar-refractivity contribution in [2.75, 3.05) is 6.61 Å². The molecule has 0 saturated carbocycles.